The Bertz CT molecular complexity index is 495. The number of aliphatic hydroxyl groups excluding tert-OH is 2. The first-order valence-electron chi connectivity index (χ1n) is 5.32. The molecule has 2 N–H and O–H groups in total. The molecule has 2 unspecified atom stereocenters. The van der Waals surface area contributed by atoms with Gasteiger partial charge in [0.15, 0.2) is 0 Å². The summed E-state index contributed by atoms with van der Waals surface area (Å²) >= 11 is 5.49. The maximum Gasteiger partial charge on any atom is 0.418 e. The molecule has 2 atom stereocenters. The highest BCUT2D eigenvalue weighted by Gasteiger charge is 2.37. The zero-order chi connectivity index (χ0) is 15.5. The zero-order valence-electron chi connectivity index (χ0n) is 10.2. The minimum absolute atomic E-state index is 0.280. The number of pyridine rings is 1. The fraction of sp³-hybridized carbons (Fsp3) is 0.455. The summed E-state index contributed by atoms with van der Waals surface area (Å²) in [6.45, 7) is 0. The van der Waals surface area contributed by atoms with Crippen molar-refractivity contribution >= 4 is 17.6 Å². The molecule has 0 radical (unpaired) electrons. The smallest absolute Gasteiger partial charge is 0.418 e. The molecule has 1 heterocycles. The number of alkyl halides is 3. The van der Waals surface area contributed by atoms with E-state index in [-0.39, 0.29) is 5.15 Å². The number of carbonyl (C=O) groups is 1. The van der Waals surface area contributed by atoms with E-state index >= 15 is 0 Å². The van der Waals surface area contributed by atoms with Gasteiger partial charge in [-0.3, -0.25) is 4.79 Å². The van der Waals surface area contributed by atoms with Crippen molar-refractivity contribution in [1.82, 2.24) is 4.98 Å². The Hall–Kier alpha value is -1.38. The monoisotopic (exact) mass is 313 g/mol. The second-order valence-corrected chi connectivity index (χ2v) is 4.27. The van der Waals surface area contributed by atoms with Crippen molar-refractivity contribution in [3.05, 3.63) is 28.5 Å². The molecule has 9 heteroatoms. The number of ether oxygens (including phenoxy) is 1. The van der Waals surface area contributed by atoms with Crippen molar-refractivity contribution in [2.45, 2.75) is 24.8 Å². The molecule has 0 bridgehead atoms. The Labute approximate surface area is 117 Å². The summed E-state index contributed by atoms with van der Waals surface area (Å²) in [6, 6.07) is 0.787. The van der Waals surface area contributed by atoms with Crippen molar-refractivity contribution in [3.63, 3.8) is 0 Å². The first-order chi connectivity index (χ1) is 9.16. The van der Waals surface area contributed by atoms with Crippen LogP contribution in [0.25, 0.3) is 0 Å². The van der Waals surface area contributed by atoms with Crippen LogP contribution in [0.5, 0.6) is 0 Å². The van der Waals surface area contributed by atoms with Crippen LogP contribution in [0.1, 0.15) is 23.7 Å². The molecular formula is C11H11ClF3NO4. The first kappa shape index (κ1) is 16.7. The summed E-state index contributed by atoms with van der Waals surface area (Å²) in [5.74, 6) is -0.870. The average molecular weight is 314 g/mol. The molecule has 1 aromatic heterocycles. The lowest BCUT2D eigenvalue weighted by Gasteiger charge is -2.21. The second-order valence-electron chi connectivity index (χ2n) is 3.88. The van der Waals surface area contributed by atoms with E-state index in [2.05, 4.69) is 9.72 Å². The van der Waals surface area contributed by atoms with Gasteiger partial charge in [0, 0.05) is 6.20 Å². The molecule has 0 aliphatic heterocycles. The number of hydrogen-bond donors (Lipinski definition) is 2. The van der Waals surface area contributed by atoms with Gasteiger partial charge in [-0.1, -0.05) is 11.6 Å². The summed E-state index contributed by atoms with van der Waals surface area (Å²) in [5, 5.41) is 19.0. The van der Waals surface area contributed by atoms with E-state index in [9.17, 15) is 28.2 Å². The van der Waals surface area contributed by atoms with Gasteiger partial charge in [-0.2, -0.15) is 13.2 Å². The molecule has 0 aliphatic carbocycles. The van der Waals surface area contributed by atoms with Gasteiger partial charge in [0.05, 0.1) is 25.2 Å². The lowest BCUT2D eigenvalue weighted by molar-refractivity contribution is -0.145. The Morgan fingerprint density at radius 1 is 1.50 bits per heavy atom. The molecule has 112 valence electrons. The van der Waals surface area contributed by atoms with E-state index in [1.807, 2.05) is 0 Å². The summed E-state index contributed by atoms with van der Waals surface area (Å²) in [7, 11) is 1.05. The minimum Gasteiger partial charge on any atom is -0.469 e. The second kappa shape index (κ2) is 6.38. The number of halogens is 4. The number of aromatic nitrogens is 1. The summed E-state index contributed by atoms with van der Waals surface area (Å²) < 4.78 is 42.6. The molecule has 0 aromatic carbocycles. The van der Waals surface area contributed by atoms with E-state index < -0.39 is 41.9 Å². The predicted molar refractivity (Wildman–Crippen MR) is 61.8 cm³/mol. The number of hydrogen-bond acceptors (Lipinski definition) is 5. The predicted octanol–water partition coefficient (Wildman–Crippen LogP) is 1.71. The van der Waals surface area contributed by atoms with Gasteiger partial charge in [0.1, 0.15) is 11.3 Å². The van der Waals surface area contributed by atoms with Crippen LogP contribution in [0, 0.1) is 0 Å². The Kier molecular flexibility index (Phi) is 5.32. The first-order valence-corrected chi connectivity index (χ1v) is 5.70. The lowest BCUT2D eigenvalue weighted by Crippen LogP contribution is -2.25. The van der Waals surface area contributed by atoms with Gasteiger partial charge < -0.3 is 14.9 Å². The number of rotatable bonds is 4. The van der Waals surface area contributed by atoms with Gasteiger partial charge in [-0.05, 0) is 11.6 Å². The van der Waals surface area contributed by atoms with E-state index in [1.165, 1.54) is 0 Å². The standard InChI is InChI=1S/C11H11ClF3NO4/c1-20-9(18)3-7(17)10(19)5-2-8(12)16-4-6(5)11(13,14)15/h2,4,7,10,17,19H,3H2,1H3. The van der Waals surface area contributed by atoms with Crippen LogP contribution in [0.4, 0.5) is 13.2 Å². The molecule has 0 saturated heterocycles. The fourth-order valence-electron chi connectivity index (χ4n) is 1.50. The Morgan fingerprint density at radius 3 is 2.60 bits per heavy atom. The Morgan fingerprint density at radius 2 is 2.10 bits per heavy atom. The van der Waals surface area contributed by atoms with Crippen molar-refractivity contribution in [3.8, 4) is 0 Å². The van der Waals surface area contributed by atoms with Gasteiger partial charge in [-0.15, -0.1) is 0 Å². The normalized spacial score (nSPS) is 14.8. The number of aliphatic hydroxyl groups is 2. The fourth-order valence-corrected chi connectivity index (χ4v) is 1.66. The van der Waals surface area contributed by atoms with E-state index in [1.54, 1.807) is 0 Å². The van der Waals surface area contributed by atoms with Gasteiger partial charge in [0.25, 0.3) is 0 Å². The van der Waals surface area contributed by atoms with Crippen LogP contribution in [0.15, 0.2) is 12.3 Å². The highest BCUT2D eigenvalue weighted by atomic mass is 35.5. The average Bonchev–Trinajstić information content (AvgIpc) is 2.35. The SMILES string of the molecule is COC(=O)CC(O)C(O)c1cc(Cl)ncc1C(F)(F)F. The molecule has 1 rings (SSSR count). The van der Waals surface area contributed by atoms with Crippen molar-refractivity contribution in [2.24, 2.45) is 0 Å². The van der Waals surface area contributed by atoms with Crippen LogP contribution in [0.2, 0.25) is 5.15 Å². The van der Waals surface area contributed by atoms with Crippen molar-refractivity contribution in [2.75, 3.05) is 7.11 Å². The highest BCUT2D eigenvalue weighted by Crippen LogP contribution is 2.36. The molecule has 1 aromatic rings. The molecule has 0 saturated carbocycles. The third-order valence-electron chi connectivity index (χ3n) is 2.49. The van der Waals surface area contributed by atoms with Crippen LogP contribution < -0.4 is 0 Å². The molecule has 0 fully saturated rings. The van der Waals surface area contributed by atoms with Gasteiger partial charge in [0.2, 0.25) is 0 Å². The maximum atomic E-state index is 12.8. The highest BCUT2D eigenvalue weighted by molar-refractivity contribution is 6.29. The minimum atomic E-state index is -4.78. The van der Waals surface area contributed by atoms with Crippen molar-refractivity contribution in [1.29, 1.82) is 0 Å². The van der Waals surface area contributed by atoms with Crippen LogP contribution in [0.3, 0.4) is 0 Å². The van der Waals surface area contributed by atoms with Crippen LogP contribution >= 0.6 is 11.6 Å². The molecule has 0 spiro atoms. The number of esters is 1. The number of carbonyl (C=O) groups excluding carboxylic acids is 1. The topological polar surface area (TPSA) is 79.7 Å². The van der Waals surface area contributed by atoms with Crippen LogP contribution in [-0.4, -0.2) is 34.4 Å². The summed E-state index contributed by atoms with van der Waals surface area (Å²) in [5.41, 5.74) is -1.90. The summed E-state index contributed by atoms with van der Waals surface area (Å²) in [4.78, 5) is 14.2. The molecule has 0 aliphatic rings. The van der Waals surface area contributed by atoms with Gasteiger partial charge >= 0.3 is 12.1 Å². The van der Waals surface area contributed by atoms with Crippen molar-refractivity contribution < 1.29 is 32.9 Å². The largest absolute Gasteiger partial charge is 0.469 e. The van der Waals surface area contributed by atoms with E-state index in [4.69, 9.17) is 11.6 Å². The van der Waals surface area contributed by atoms with Crippen LogP contribution in [-0.2, 0) is 15.7 Å². The molecular weight excluding hydrogens is 303 g/mol. The molecule has 0 amide bonds. The number of methoxy groups -OCH3 is 1. The zero-order valence-corrected chi connectivity index (χ0v) is 10.9. The maximum absolute atomic E-state index is 12.8. The van der Waals surface area contributed by atoms with E-state index in [0.717, 1.165) is 13.2 Å². The summed E-state index contributed by atoms with van der Waals surface area (Å²) in [6.07, 6.45) is -8.70. The molecule has 20 heavy (non-hydrogen) atoms. The third kappa shape index (κ3) is 4.06. The number of nitrogens with zero attached hydrogens (tertiary/aromatic N) is 1. The lowest BCUT2D eigenvalue weighted by atomic mass is 9.98. The molecule has 5 nitrogen and oxygen atoms in total. The Balaban J connectivity index is 3.11. The quantitative estimate of drug-likeness (QED) is 0.653. The van der Waals surface area contributed by atoms with Gasteiger partial charge in [-0.25, -0.2) is 4.98 Å². The van der Waals surface area contributed by atoms with E-state index in [0.29, 0.717) is 6.20 Å². The third-order valence-corrected chi connectivity index (χ3v) is 2.70.